The van der Waals surface area contributed by atoms with Crippen LogP contribution in [-0.2, 0) is 4.79 Å². The summed E-state index contributed by atoms with van der Waals surface area (Å²) >= 11 is 0. The number of rotatable bonds is 2. The third-order valence-corrected chi connectivity index (χ3v) is 3.02. The lowest BCUT2D eigenvalue weighted by Gasteiger charge is -2.35. The summed E-state index contributed by atoms with van der Waals surface area (Å²) in [4.78, 5) is 14.5. The Morgan fingerprint density at radius 2 is 1.89 bits per heavy atom. The van der Waals surface area contributed by atoms with Crippen LogP contribution in [0.1, 0.15) is 0 Å². The highest BCUT2D eigenvalue weighted by Gasteiger charge is 2.22. The van der Waals surface area contributed by atoms with Gasteiger partial charge < -0.3 is 14.9 Å². The zero-order valence-corrected chi connectivity index (χ0v) is 9.77. The van der Waals surface area contributed by atoms with Crippen molar-refractivity contribution in [3.05, 3.63) is 29.8 Å². The number of aliphatic hydroxyl groups excluding tert-OH is 1. The molecule has 0 aliphatic carbocycles. The van der Waals surface area contributed by atoms with Gasteiger partial charge in [0.25, 0.3) is 0 Å². The number of carbonyl (C=O) groups is 1. The molecular weight excluding hydrogens is 242 g/mol. The number of anilines is 1. The fourth-order valence-corrected chi connectivity index (χ4v) is 2.03. The number of hydrogen-bond acceptors (Lipinski definition) is 3. The molecule has 1 heterocycles. The second-order valence-corrected chi connectivity index (χ2v) is 4.12. The SMILES string of the molecule is O=C(CO)N1CCN(c2ccc(F)cc2F)CC1. The smallest absolute Gasteiger partial charge is 0.248 e. The van der Waals surface area contributed by atoms with E-state index in [1.165, 1.54) is 17.0 Å². The molecule has 1 aliphatic heterocycles. The molecule has 4 nitrogen and oxygen atoms in total. The first-order chi connectivity index (χ1) is 8.61. The standard InChI is InChI=1S/C12H14F2N2O2/c13-9-1-2-11(10(14)7-9)15-3-5-16(6-4-15)12(18)8-17/h1-2,7,17H,3-6,8H2. The second kappa shape index (κ2) is 5.30. The number of amides is 1. The van der Waals surface area contributed by atoms with Crippen molar-refractivity contribution in [2.45, 2.75) is 0 Å². The fourth-order valence-electron chi connectivity index (χ4n) is 2.03. The monoisotopic (exact) mass is 256 g/mol. The molecule has 0 radical (unpaired) electrons. The Morgan fingerprint density at radius 3 is 2.44 bits per heavy atom. The molecule has 0 aromatic heterocycles. The normalized spacial score (nSPS) is 15.9. The Bertz CT molecular complexity index is 446. The van der Waals surface area contributed by atoms with Gasteiger partial charge in [0.2, 0.25) is 5.91 Å². The van der Waals surface area contributed by atoms with Gasteiger partial charge in [0.1, 0.15) is 18.2 Å². The Morgan fingerprint density at radius 1 is 1.22 bits per heavy atom. The van der Waals surface area contributed by atoms with Crippen LogP contribution in [0.15, 0.2) is 18.2 Å². The number of carbonyl (C=O) groups excluding carboxylic acids is 1. The van der Waals surface area contributed by atoms with Crippen molar-refractivity contribution < 1.29 is 18.7 Å². The van der Waals surface area contributed by atoms with Crippen molar-refractivity contribution in [3.8, 4) is 0 Å². The molecule has 1 saturated heterocycles. The molecule has 18 heavy (non-hydrogen) atoms. The van der Waals surface area contributed by atoms with Gasteiger partial charge in [-0.25, -0.2) is 8.78 Å². The van der Waals surface area contributed by atoms with E-state index in [2.05, 4.69) is 0 Å². The Balaban J connectivity index is 2.03. The predicted octanol–water partition coefficient (Wildman–Crippen LogP) is 0.606. The summed E-state index contributed by atoms with van der Waals surface area (Å²) < 4.78 is 26.3. The highest BCUT2D eigenvalue weighted by Crippen LogP contribution is 2.21. The molecule has 0 spiro atoms. The minimum absolute atomic E-state index is 0.325. The van der Waals surface area contributed by atoms with E-state index in [4.69, 9.17) is 5.11 Å². The van der Waals surface area contributed by atoms with Gasteiger partial charge in [0, 0.05) is 32.2 Å². The maximum absolute atomic E-state index is 13.6. The van der Waals surface area contributed by atoms with E-state index in [1.807, 2.05) is 0 Å². The zero-order chi connectivity index (χ0) is 13.1. The minimum atomic E-state index is -0.606. The number of piperazine rings is 1. The molecule has 0 saturated carbocycles. The van der Waals surface area contributed by atoms with Crippen LogP contribution in [0, 0.1) is 11.6 Å². The first-order valence-electron chi connectivity index (χ1n) is 5.70. The van der Waals surface area contributed by atoms with Crippen LogP contribution in [-0.4, -0.2) is 48.7 Å². The van der Waals surface area contributed by atoms with E-state index in [1.54, 1.807) is 4.90 Å². The van der Waals surface area contributed by atoms with Crippen LogP contribution in [0.2, 0.25) is 0 Å². The van der Waals surface area contributed by atoms with E-state index < -0.39 is 18.2 Å². The molecular formula is C12H14F2N2O2. The van der Waals surface area contributed by atoms with Gasteiger partial charge in [-0.15, -0.1) is 0 Å². The van der Waals surface area contributed by atoms with Gasteiger partial charge in [-0.2, -0.15) is 0 Å². The quantitative estimate of drug-likeness (QED) is 0.843. The summed E-state index contributed by atoms with van der Waals surface area (Å²) in [5.41, 5.74) is 0.340. The average Bonchev–Trinajstić information content (AvgIpc) is 2.38. The third kappa shape index (κ3) is 2.59. The maximum Gasteiger partial charge on any atom is 0.248 e. The lowest BCUT2D eigenvalue weighted by atomic mass is 10.2. The van der Waals surface area contributed by atoms with Crippen LogP contribution >= 0.6 is 0 Å². The van der Waals surface area contributed by atoms with Crippen LogP contribution in [0.4, 0.5) is 14.5 Å². The molecule has 2 rings (SSSR count). The summed E-state index contributed by atoms with van der Waals surface area (Å²) in [5.74, 6) is -1.53. The Labute approximate surface area is 103 Å². The van der Waals surface area contributed by atoms with Crippen molar-refractivity contribution in [1.82, 2.24) is 4.90 Å². The van der Waals surface area contributed by atoms with Crippen LogP contribution < -0.4 is 4.90 Å². The summed E-state index contributed by atoms with van der Waals surface area (Å²) in [5, 5.41) is 8.74. The first-order valence-corrected chi connectivity index (χ1v) is 5.70. The van der Waals surface area contributed by atoms with E-state index in [0.29, 0.717) is 31.9 Å². The molecule has 1 amide bonds. The molecule has 1 aromatic carbocycles. The van der Waals surface area contributed by atoms with E-state index in [0.717, 1.165) is 6.07 Å². The number of nitrogens with zero attached hydrogens (tertiary/aromatic N) is 2. The van der Waals surface area contributed by atoms with Crippen molar-refractivity contribution >= 4 is 11.6 Å². The van der Waals surface area contributed by atoms with E-state index in [-0.39, 0.29) is 5.91 Å². The fraction of sp³-hybridized carbons (Fsp3) is 0.417. The second-order valence-electron chi connectivity index (χ2n) is 4.12. The molecule has 1 N–H and O–H groups in total. The van der Waals surface area contributed by atoms with E-state index >= 15 is 0 Å². The van der Waals surface area contributed by atoms with Crippen molar-refractivity contribution in [2.24, 2.45) is 0 Å². The molecule has 0 unspecified atom stereocenters. The largest absolute Gasteiger partial charge is 0.387 e. The lowest BCUT2D eigenvalue weighted by molar-refractivity contribution is -0.134. The predicted molar refractivity (Wildman–Crippen MR) is 62.2 cm³/mol. The van der Waals surface area contributed by atoms with E-state index in [9.17, 15) is 13.6 Å². The minimum Gasteiger partial charge on any atom is -0.387 e. The number of benzene rings is 1. The van der Waals surface area contributed by atoms with Crippen LogP contribution in [0.25, 0.3) is 0 Å². The van der Waals surface area contributed by atoms with Crippen molar-refractivity contribution in [1.29, 1.82) is 0 Å². The van der Waals surface area contributed by atoms with Crippen LogP contribution in [0.5, 0.6) is 0 Å². The van der Waals surface area contributed by atoms with Gasteiger partial charge in [-0.3, -0.25) is 4.79 Å². The topological polar surface area (TPSA) is 43.8 Å². The summed E-state index contributed by atoms with van der Waals surface area (Å²) in [7, 11) is 0. The molecule has 1 aromatic rings. The number of halogens is 2. The third-order valence-electron chi connectivity index (χ3n) is 3.02. The highest BCUT2D eigenvalue weighted by molar-refractivity contribution is 5.77. The average molecular weight is 256 g/mol. The van der Waals surface area contributed by atoms with Gasteiger partial charge in [0.15, 0.2) is 0 Å². The zero-order valence-electron chi connectivity index (χ0n) is 9.77. The first kappa shape index (κ1) is 12.8. The summed E-state index contributed by atoms with van der Waals surface area (Å²) in [6, 6.07) is 3.46. The number of aliphatic hydroxyl groups is 1. The van der Waals surface area contributed by atoms with Crippen molar-refractivity contribution in [3.63, 3.8) is 0 Å². The van der Waals surface area contributed by atoms with Crippen LogP contribution in [0.3, 0.4) is 0 Å². The van der Waals surface area contributed by atoms with Crippen molar-refractivity contribution in [2.75, 3.05) is 37.7 Å². The molecule has 0 bridgehead atoms. The summed E-state index contributed by atoms with van der Waals surface area (Å²) in [6.07, 6.45) is 0. The molecule has 1 fully saturated rings. The summed E-state index contributed by atoms with van der Waals surface area (Å²) in [6.45, 7) is 1.28. The maximum atomic E-state index is 13.6. The Hall–Kier alpha value is -1.69. The molecule has 6 heteroatoms. The van der Waals surface area contributed by atoms with Gasteiger partial charge in [0.05, 0.1) is 5.69 Å². The molecule has 0 atom stereocenters. The Kier molecular flexibility index (Phi) is 3.76. The van der Waals surface area contributed by atoms with Gasteiger partial charge >= 0.3 is 0 Å². The molecule has 1 aliphatic rings. The molecule has 98 valence electrons. The van der Waals surface area contributed by atoms with Gasteiger partial charge in [-0.1, -0.05) is 0 Å². The van der Waals surface area contributed by atoms with Gasteiger partial charge in [-0.05, 0) is 12.1 Å². The lowest BCUT2D eigenvalue weighted by Crippen LogP contribution is -2.49. The number of hydrogen-bond donors (Lipinski definition) is 1. The highest BCUT2D eigenvalue weighted by atomic mass is 19.1.